The summed E-state index contributed by atoms with van der Waals surface area (Å²) in [6.45, 7) is 0. The first-order chi connectivity index (χ1) is 7.81. The van der Waals surface area contributed by atoms with E-state index in [1.54, 1.807) is 13.3 Å². The van der Waals surface area contributed by atoms with Gasteiger partial charge in [-0.05, 0) is 25.0 Å². The van der Waals surface area contributed by atoms with E-state index >= 15 is 0 Å². The number of anilines is 1. The van der Waals surface area contributed by atoms with Crippen LogP contribution in [0, 0.1) is 0 Å². The number of nitrogens with zero attached hydrogens (tertiary/aromatic N) is 1. The van der Waals surface area contributed by atoms with E-state index in [2.05, 4.69) is 10.3 Å². The van der Waals surface area contributed by atoms with E-state index in [1.807, 2.05) is 12.1 Å². The summed E-state index contributed by atoms with van der Waals surface area (Å²) in [7, 11) is 1.66. The number of pyridine rings is 1. The van der Waals surface area contributed by atoms with Gasteiger partial charge in [-0.3, -0.25) is 0 Å². The highest BCUT2D eigenvalue weighted by Gasteiger charge is 2.22. The largest absolute Gasteiger partial charge is 0.493 e. The summed E-state index contributed by atoms with van der Waals surface area (Å²) < 4.78 is 5.26. The van der Waals surface area contributed by atoms with E-state index in [0.717, 1.165) is 24.4 Å². The minimum absolute atomic E-state index is 0.223. The van der Waals surface area contributed by atoms with Gasteiger partial charge in [0.2, 0.25) is 0 Å². The van der Waals surface area contributed by atoms with Crippen molar-refractivity contribution in [3.05, 3.63) is 18.3 Å². The molecule has 0 radical (unpaired) electrons. The lowest BCUT2D eigenvalue weighted by Crippen LogP contribution is -2.42. The maximum Gasteiger partial charge on any atom is 0.169 e. The molecule has 88 valence electrons. The molecule has 3 N–H and O–H groups in total. The molecule has 1 aliphatic carbocycles. The first-order valence-electron chi connectivity index (χ1n) is 5.82. The highest BCUT2D eigenvalue weighted by Crippen LogP contribution is 2.25. The summed E-state index contributed by atoms with van der Waals surface area (Å²) in [5.41, 5.74) is 6.09. The average molecular weight is 221 g/mol. The van der Waals surface area contributed by atoms with Crippen molar-refractivity contribution >= 4 is 5.82 Å². The number of aromatic nitrogens is 1. The average Bonchev–Trinajstić information content (AvgIpc) is 2.33. The van der Waals surface area contributed by atoms with Crippen molar-refractivity contribution in [1.82, 2.24) is 4.98 Å². The van der Waals surface area contributed by atoms with Crippen molar-refractivity contribution < 1.29 is 4.74 Å². The molecule has 0 aromatic carbocycles. The molecule has 2 unspecified atom stereocenters. The van der Waals surface area contributed by atoms with E-state index < -0.39 is 0 Å². The second kappa shape index (κ2) is 5.16. The van der Waals surface area contributed by atoms with Gasteiger partial charge in [-0.2, -0.15) is 0 Å². The summed E-state index contributed by atoms with van der Waals surface area (Å²) in [4.78, 5) is 4.29. The Morgan fingerprint density at radius 1 is 1.44 bits per heavy atom. The van der Waals surface area contributed by atoms with Crippen LogP contribution in [0.3, 0.4) is 0 Å². The summed E-state index contributed by atoms with van der Waals surface area (Å²) in [5, 5.41) is 3.39. The quantitative estimate of drug-likeness (QED) is 0.816. The van der Waals surface area contributed by atoms with E-state index in [0.29, 0.717) is 6.04 Å². The first-order valence-corrected chi connectivity index (χ1v) is 5.82. The van der Waals surface area contributed by atoms with Gasteiger partial charge in [0, 0.05) is 18.3 Å². The predicted molar refractivity (Wildman–Crippen MR) is 64.6 cm³/mol. The fraction of sp³-hybridized carbons (Fsp3) is 0.583. The Balaban J connectivity index is 2.07. The van der Waals surface area contributed by atoms with Crippen molar-refractivity contribution in [3.8, 4) is 5.75 Å². The molecule has 4 nitrogen and oxygen atoms in total. The molecule has 1 aliphatic rings. The second-order valence-corrected chi connectivity index (χ2v) is 4.25. The molecule has 0 aliphatic heterocycles. The van der Waals surface area contributed by atoms with Crippen LogP contribution in [0.4, 0.5) is 5.82 Å². The molecule has 1 aromatic heterocycles. The minimum atomic E-state index is 0.223. The third-order valence-electron chi connectivity index (χ3n) is 3.13. The molecule has 2 rings (SSSR count). The second-order valence-electron chi connectivity index (χ2n) is 4.25. The molecule has 0 amide bonds. The number of nitrogens with two attached hydrogens (primary N) is 1. The zero-order valence-corrected chi connectivity index (χ0v) is 9.65. The fourth-order valence-electron chi connectivity index (χ4n) is 2.18. The molecule has 4 heteroatoms. The normalized spacial score (nSPS) is 25.1. The lowest BCUT2D eigenvalue weighted by Gasteiger charge is -2.30. The predicted octanol–water partition coefficient (Wildman–Crippen LogP) is 1.77. The maximum absolute atomic E-state index is 6.09. The van der Waals surface area contributed by atoms with E-state index in [-0.39, 0.29) is 6.04 Å². The Bertz CT molecular complexity index is 343. The Morgan fingerprint density at radius 2 is 2.25 bits per heavy atom. The molecule has 2 atom stereocenters. The van der Waals surface area contributed by atoms with Crippen LogP contribution in [0.15, 0.2) is 18.3 Å². The van der Waals surface area contributed by atoms with Crippen molar-refractivity contribution in [3.63, 3.8) is 0 Å². The standard InChI is InChI=1S/C12H19N3O/c1-16-11-7-4-8-14-12(11)15-10-6-3-2-5-9(10)13/h4,7-10H,2-3,5-6,13H2,1H3,(H,14,15). The molecule has 1 aromatic rings. The van der Waals surface area contributed by atoms with Gasteiger partial charge in [-0.25, -0.2) is 4.98 Å². The number of nitrogens with one attached hydrogen (secondary N) is 1. The van der Waals surface area contributed by atoms with E-state index in [9.17, 15) is 0 Å². The highest BCUT2D eigenvalue weighted by atomic mass is 16.5. The minimum Gasteiger partial charge on any atom is -0.493 e. The molecule has 16 heavy (non-hydrogen) atoms. The molecule has 0 bridgehead atoms. The van der Waals surface area contributed by atoms with Crippen molar-refractivity contribution in [2.24, 2.45) is 5.73 Å². The Labute approximate surface area is 96.2 Å². The fourth-order valence-corrected chi connectivity index (χ4v) is 2.18. The van der Waals surface area contributed by atoms with Crippen LogP contribution in [0.25, 0.3) is 0 Å². The lowest BCUT2D eigenvalue weighted by atomic mass is 9.91. The molecule has 0 saturated heterocycles. The SMILES string of the molecule is COc1cccnc1NC1CCCCC1N. The van der Waals surface area contributed by atoms with Crippen LogP contribution in [0.2, 0.25) is 0 Å². The van der Waals surface area contributed by atoms with E-state index in [1.165, 1.54) is 12.8 Å². The van der Waals surface area contributed by atoms with Gasteiger partial charge in [-0.1, -0.05) is 12.8 Å². The monoisotopic (exact) mass is 221 g/mol. The molecule has 1 saturated carbocycles. The van der Waals surface area contributed by atoms with Gasteiger partial charge in [0.1, 0.15) is 0 Å². The van der Waals surface area contributed by atoms with Crippen molar-refractivity contribution in [2.45, 2.75) is 37.8 Å². The van der Waals surface area contributed by atoms with Crippen LogP contribution in [0.1, 0.15) is 25.7 Å². The van der Waals surface area contributed by atoms with E-state index in [4.69, 9.17) is 10.5 Å². The highest BCUT2D eigenvalue weighted by molar-refractivity contribution is 5.50. The Kier molecular flexibility index (Phi) is 3.62. The molecular formula is C12H19N3O. The van der Waals surface area contributed by atoms with Crippen LogP contribution in [-0.2, 0) is 0 Å². The number of hydrogen-bond donors (Lipinski definition) is 2. The maximum atomic E-state index is 6.09. The van der Waals surface area contributed by atoms with Crippen LogP contribution >= 0.6 is 0 Å². The number of ether oxygens (including phenoxy) is 1. The van der Waals surface area contributed by atoms with Gasteiger partial charge < -0.3 is 15.8 Å². The lowest BCUT2D eigenvalue weighted by molar-refractivity contribution is 0.394. The van der Waals surface area contributed by atoms with Gasteiger partial charge in [0.25, 0.3) is 0 Å². The summed E-state index contributed by atoms with van der Waals surface area (Å²) in [5.74, 6) is 1.58. The van der Waals surface area contributed by atoms with Crippen molar-refractivity contribution in [1.29, 1.82) is 0 Å². The van der Waals surface area contributed by atoms with Gasteiger partial charge in [-0.15, -0.1) is 0 Å². The number of methoxy groups -OCH3 is 1. The first kappa shape index (κ1) is 11.2. The molecular weight excluding hydrogens is 202 g/mol. The van der Waals surface area contributed by atoms with Crippen LogP contribution in [0.5, 0.6) is 5.75 Å². The molecule has 1 heterocycles. The Morgan fingerprint density at radius 3 is 3.00 bits per heavy atom. The third-order valence-corrected chi connectivity index (χ3v) is 3.13. The molecule has 0 spiro atoms. The van der Waals surface area contributed by atoms with Gasteiger partial charge >= 0.3 is 0 Å². The van der Waals surface area contributed by atoms with Crippen molar-refractivity contribution in [2.75, 3.05) is 12.4 Å². The Hall–Kier alpha value is -1.29. The van der Waals surface area contributed by atoms with Gasteiger partial charge in [0.15, 0.2) is 11.6 Å². The third kappa shape index (κ3) is 2.44. The topological polar surface area (TPSA) is 60.2 Å². The zero-order valence-electron chi connectivity index (χ0n) is 9.65. The number of hydrogen-bond acceptors (Lipinski definition) is 4. The summed E-state index contributed by atoms with van der Waals surface area (Å²) in [6.07, 6.45) is 6.44. The number of rotatable bonds is 3. The zero-order chi connectivity index (χ0) is 11.4. The smallest absolute Gasteiger partial charge is 0.169 e. The summed E-state index contributed by atoms with van der Waals surface area (Å²) in [6, 6.07) is 4.31. The van der Waals surface area contributed by atoms with Gasteiger partial charge in [0.05, 0.1) is 7.11 Å². The van der Waals surface area contributed by atoms with Crippen LogP contribution in [-0.4, -0.2) is 24.2 Å². The van der Waals surface area contributed by atoms with Crippen LogP contribution < -0.4 is 15.8 Å². The molecule has 1 fully saturated rings. The summed E-state index contributed by atoms with van der Waals surface area (Å²) >= 11 is 0.